The Kier molecular flexibility index (Phi) is 5.75. The van der Waals surface area contributed by atoms with E-state index in [9.17, 15) is 9.59 Å². The van der Waals surface area contributed by atoms with Crippen LogP contribution in [0.4, 0.5) is 17.1 Å². The molecule has 5 heteroatoms. The third-order valence-corrected chi connectivity index (χ3v) is 4.32. The molecule has 0 radical (unpaired) electrons. The SMILES string of the molecule is Cc1cccc(NC(=O)c2ccccc2NC(=O)c2cccc(N(C)C)c2)c1. The second-order valence-electron chi connectivity index (χ2n) is 6.77. The molecule has 3 aromatic rings. The van der Waals surface area contributed by atoms with Crippen molar-refractivity contribution < 1.29 is 9.59 Å². The van der Waals surface area contributed by atoms with Crippen molar-refractivity contribution in [3.63, 3.8) is 0 Å². The normalized spacial score (nSPS) is 10.2. The lowest BCUT2D eigenvalue weighted by molar-refractivity contribution is 0.102. The number of carbonyl (C=O) groups excluding carboxylic acids is 2. The fourth-order valence-electron chi connectivity index (χ4n) is 2.83. The minimum Gasteiger partial charge on any atom is -0.378 e. The minimum absolute atomic E-state index is 0.264. The quantitative estimate of drug-likeness (QED) is 0.689. The Hall–Kier alpha value is -3.60. The summed E-state index contributed by atoms with van der Waals surface area (Å²) in [5, 5.41) is 5.73. The summed E-state index contributed by atoms with van der Waals surface area (Å²) in [5.74, 6) is -0.539. The van der Waals surface area contributed by atoms with Crippen molar-refractivity contribution in [2.24, 2.45) is 0 Å². The highest BCUT2D eigenvalue weighted by Gasteiger charge is 2.15. The zero-order valence-electron chi connectivity index (χ0n) is 16.2. The summed E-state index contributed by atoms with van der Waals surface area (Å²) >= 11 is 0. The average molecular weight is 373 g/mol. The largest absolute Gasteiger partial charge is 0.378 e. The van der Waals surface area contributed by atoms with E-state index < -0.39 is 0 Å². The molecule has 0 bridgehead atoms. The number of nitrogens with zero attached hydrogens (tertiary/aromatic N) is 1. The van der Waals surface area contributed by atoms with E-state index in [2.05, 4.69) is 10.6 Å². The molecule has 28 heavy (non-hydrogen) atoms. The summed E-state index contributed by atoms with van der Waals surface area (Å²) in [6.07, 6.45) is 0. The zero-order valence-corrected chi connectivity index (χ0v) is 16.2. The molecule has 0 unspecified atom stereocenters. The monoisotopic (exact) mass is 373 g/mol. The Morgan fingerprint density at radius 2 is 1.54 bits per heavy atom. The molecule has 0 aliphatic heterocycles. The summed E-state index contributed by atoms with van der Waals surface area (Å²) < 4.78 is 0. The van der Waals surface area contributed by atoms with Crippen LogP contribution in [0.5, 0.6) is 0 Å². The summed E-state index contributed by atoms with van der Waals surface area (Å²) in [7, 11) is 3.84. The van der Waals surface area contributed by atoms with E-state index in [0.717, 1.165) is 11.3 Å². The molecular weight excluding hydrogens is 350 g/mol. The number of hydrogen-bond acceptors (Lipinski definition) is 3. The van der Waals surface area contributed by atoms with Gasteiger partial charge in [-0.05, 0) is 55.0 Å². The van der Waals surface area contributed by atoms with E-state index >= 15 is 0 Å². The van der Waals surface area contributed by atoms with Crippen molar-refractivity contribution in [2.75, 3.05) is 29.6 Å². The van der Waals surface area contributed by atoms with Gasteiger partial charge in [0.15, 0.2) is 0 Å². The molecule has 142 valence electrons. The molecule has 2 N–H and O–H groups in total. The standard InChI is InChI=1S/C23H23N3O2/c1-16-8-6-10-18(14-16)24-23(28)20-12-4-5-13-21(20)25-22(27)17-9-7-11-19(15-17)26(2)3/h4-15H,1-3H3,(H,24,28)(H,25,27). The van der Waals surface area contributed by atoms with E-state index in [0.29, 0.717) is 22.5 Å². The number of amides is 2. The maximum absolute atomic E-state index is 12.7. The van der Waals surface area contributed by atoms with Crippen LogP contribution in [-0.4, -0.2) is 25.9 Å². The lowest BCUT2D eigenvalue weighted by Gasteiger charge is -2.14. The van der Waals surface area contributed by atoms with Gasteiger partial charge in [0.25, 0.3) is 11.8 Å². The van der Waals surface area contributed by atoms with Gasteiger partial charge in [-0.15, -0.1) is 0 Å². The predicted octanol–water partition coefficient (Wildman–Crippen LogP) is 4.57. The van der Waals surface area contributed by atoms with Crippen molar-refractivity contribution in [3.8, 4) is 0 Å². The highest BCUT2D eigenvalue weighted by molar-refractivity contribution is 6.12. The van der Waals surface area contributed by atoms with E-state index in [1.54, 1.807) is 30.3 Å². The predicted molar refractivity (Wildman–Crippen MR) is 114 cm³/mol. The highest BCUT2D eigenvalue weighted by atomic mass is 16.2. The maximum atomic E-state index is 12.7. The second kappa shape index (κ2) is 8.39. The number of anilines is 3. The van der Waals surface area contributed by atoms with Crippen LogP contribution in [0.25, 0.3) is 0 Å². The molecule has 0 aromatic heterocycles. The first kappa shape index (κ1) is 19.2. The van der Waals surface area contributed by atoms with Gasteiger partial charge < -0.3 is 15.5 Å². The van der Waals surface area contributed by atoms with Crippen LogP contribution in [0.1, 0.15) is 26.3 Å². The number of benzene rings is 3. The molecule has 0 aliphatic carbocycles. The van der Waals surface area contributed by atoms with Crippen LogP contribution >= 0.6 is 0 Å². The van der Waals surface area contributed by atoms with Crippen LogP contribution in [0.2, 0.25) is 0 Å². The average Bonchev–Trinajstić information content (AvgIpc) is 2.68. The Morgan fingerprint density at radius 1 is 0.786 bits per heavy atom. The Bertz CT molecular complexity index is 1010. The van der Waals surface area contributed by atoms with Gasteiger partial charge in [0.2, 0.25) is 0 Å². The molecular formula is C23H23N3O2. The Labute approximate surface area is 165 Å². The van der Waals surface area contributed by atoms with E-state index in [1.165, 1.54) is 0 Å². The molecule has 3 aromatic carbocycles. The number of aryl methyl sites for hydroxylation is 1. The van der Waals surface area contributed by atoms with Gasteiger partial charge in [0.05, 0.1) is 11.3 Å². The zero-order chi connectivity index (χ0) is 20.1. The first-order valence-electron chi connectivity index (χ1n) is 9.00. The van der Waals surface area contributed by atoms with Gasteiger partial charge in [-0.3, -0.25) is 9.59 Å². The Balaban J connectivity index is 1.81. The van der Waals surface area contributed by atoms with Crippen molar-refractivity contribution in [3.05, 3.63) is 89.5 Å². The summed E-state index contributed by atoms with van der Waals surface area (Å²) in [6.45, 7) is 1.96. The van der Waals surface area contributed by atoms with Crippen molar-refractivity contribution in [2.45, 2.75) is 6.92 Å². The topological polar surface area (TPSA) is 61.4 Å². The molecule has 5 nitrogen and oxygen atoms in total. The maximum Gasteiger partial charge on any atom is 0.257 e. The molecule has 0 saturated carbocycles. The van der Waals surface area contributed by atoms with Gasteiger partial charge in [0, 0.05) is 31.0 Å². The molecule has 0 aliphatic rings. The second-order valence-corrected chi connectivity index (χ2v) is 6.77. The number of hydrogen-bond donors (Lipinski definition) is 2. The third-order valence-electron chi connectivity index (χ3n) is 4.32. The molecule has 0 saturated heterocycles. The van der Waals surface area contributed by atoms with Gasteiger partial charge >= 0.3 is 0 Å². The van der Waals surface area contributed by atoms with E-state index in [-0.39, 0.29) is 11.8 Å². The first-order chi connectivity index (χ1) is 13.4. The molecule has 2 amide bonds. The molecule has 0 spiro atoms. The number of rotatable bonds is 5. The third kappa shape index (κ3) is 4.57. The number of carbonyl (C=O) groups is 2. The van der Waals surface area contributed by atoms with E-state index in [1.807, 2.05) is 68.4 Å². The molecule has 0 heterocycles. The lowest BCUT2D eigenvalue weighted by atomic mass is 10.1. The number of para-hydroxylation sites is 1. The van der Waals surface area contributed by atoms with Crippen LogP contribution in [0, 0.1) is 6.92 Å². The van der Waals surface area contributed by atoms with Gasteiger partial charge in [-0.25, -0.2) is 0 Å². The fraction of sp³-hybridized carbons (Fsp3) is 0.130. The van der Waals surface area contributed by atoms with Crippen molar-refractivity contribution in [1.82, 2.24) is 0 Å². The van der Waals surface area contributed by atoms with Gasteiger partial charge in [0.1, 0.15) is 0 Å². The van der Waals surface area contributed by atoms with Crippen molar-refractivity contribution in [1.29, 1.82) is 0 Å². The van der Waals surface area contributed by atoms with Gasteiger partial charge in [-0.1, -0.05) is 30.3 Å². The highest BCUT2D eigenvalue weighted by Crippen LogP contribution is 2.20. The summed E-state index contributed by atoms with van der Waals surface area (Å²) in [5.41, 5.74) is 4.09. The molecule has 0 atom stereocenters. The van der Waals surface area contributed by atoms with E-state index in [4.69, 9.17) is 0 Å². The smallest absolute Gasteiger partial charge is 0.257 e. The first-order valence-corrected chi connectivity index (χ1v) is 9.00. The number of nitrogens with one attached hydrogen (secondary N) is 2. The van der Waals surface area contributed by atoms with Crippen LogP contribution in [0.15, 0.2) is 72.8 Å². The van der Waals surface area contributed by atoms with Crippen LogP contribution in [0.3, 0.4) is 0 Å². The van der Waals surface area contributed by atoms with Crippen molar-refractivity contribution >= 4 is 28.9 Å². The lowest BCUT2D eigenvalue weighted by Crippen LogP contribution is -2.18. The summed E-state index contributed by atoms with van der Waals surface area (Å²) in [4.78, 5) is 27.4. The van der Waals surface area contributed by atoms with Crippen LogP contribution in [-0.2, 0) is 0 Å². The van der Waals surface area contributed by atoms with Crippen LogP contribution < -0.4 is 15.5 Å². The summed E-state index contributed by atoms with van der Waals surface area (Å²) in [6, 6.07) is 21.9. The fourth-order valence-corrected chi connectivity index (χ4v) is 2.83. The van der Waals surface area contributed by atoms with Gasteiger partial charge in [-0.2, -0.15) is 0 Å². The minimum atomic E-state index is -0.274. The molecule has 0 fully saturated rings. The Morgan fingerprint density at radius 3 is 2.29 bits per heavy atom. The molecule has 3 rings (SSSR count).